The van der Waals surface area contributed by atoms with Gasteiger partial charge in [0, 0.05) is 24.7 Å². The molecule has 3 aromatic rings. The molecule has 0 amide bonds. The van der Waals surface area contributed by atoms with Crippen molar-refractivity contribution in [2.75, 3.05) is 13.7 Å². The van der Waals surface area contributed by atoms with Crippen molar-refractivity contribution < 1.29 is 39.4 Å². The minimum Gasteiger partial charge on any atom is -0.507 e. The Morgan fingerprint density at radius 1 is 1.03 bits per heavy atom. The van der Waals surface area contributed by atoms with E-state index in [0.717, 1.165) is 0 Å². The second-order valence-electron chi connectivity index (χ2n) is 7.83. The number of aromatic hydroxyl groups is 1. The summed E-state index contributed by atoms with van der Waals surface area (Å²) in [5.41, 5.74) is 0.493. The highest BCUT2D eigenvalue weighted by atomic mass is 16.5. The fourth-order valence-electron chi connectivity index (χ4n) is 4.00. The molecule has 1 aliphatic carbocycles. The zero-order valence-electron chi connectivity index (χ0n) is 17.2. The number of aliphatic hydroxyl groups is 4. The van der Waals surface area contributed by atoms with Gasteiger partial charge in [-0.05, 0) is 24.1 Å². The molecule has 170 valence electrons. The number of hydrogen-bond donors (Lipinski definition) is 5. The van der Waals surface area contributed by atoms with Gasteiger partial charge in [0.05, 0.1) is 18.8 Å². The SMILES string of the molecule is COc1ccc(-c2coc3cc(OC4CC(CO)C(O)C(O)C4O)cc(O)c3c2=O)cc1. The number of fused-ring (bicyclic) bond motifs is 1. The van der Waals surface area contributed by atoms with Gasteiger partial charge in [0.2, 0.25) is 5.43 Å². The van der Waals surface area contributed by atoms with Crippen LogP contribution in [-0.2, 0) is 0 Å². The smallest absolute Gasteiger partial charge is 0.204 e. The van der Waals surface area contributed by atoms with E-state index in [1.165, 1.54) is 25.5 Å². The van der Waals surface area contributed by atoms with Gasteiger partial charge in [0.1, 0.15) is 52.8 Å². The van der Waals surface area contributed by atoms with Crippen LogP contribution in [0.3, 0.4) is 0 Å². The maximum atomic E-state index is 13.0. The largest absolute Gasteiger partial charge is 0.507 e. The van der Waals surface area contributed by atoms with Gasteiger partial charge in [0.25, 0.3) is 0 Å². The average molecular weight is 444 g/mol. The molecule has 9 heteroatoms. The molecule has 0 radical (unpaired) electrons. The summed E-state index contributed by atoms with van der Waals surface area (Å²) in [7, 11) is 1.54. The zero-order valence-corrected chi connectivity index (χ0v) is 17.2. The van der Waals surface area contributed by atoms with Crippen molar-refractivity contribution in [3.05, 3.63) is 52.9 Å². The van der Waals surface area contributed by atoms with Crippen LogP contribution in [0.5, 0.6) is 17.2 Å². The van der Waals surface area contributed by atoms with Gasteiger partial charge < -0.3 is 39.4 Å². The third kappa shape index (κ3) is 3.91. The third-order valence-electron chi connectivity index (χ3n) is 5.85. The molecule has 0 spiro atoms. The molecule has 0 bridgehead atoms. The molecule has 9 nitrogen and oxygen atoms in total. The number of ether oxygens (including phenoxy) is 2. The van der Waals surface area contributed by atoms with Gasteiger partial charge in [-0.3, -0.25) is 4.79 Å². The first-order valence-corrected chi connectivity index (χ1v) is 10.1. The Kier molecular flexibility index (Phi) is 6.07. The predicted molar refractivity (Wildman–Crippen MR) is 114 cm³/mol. The number of phenols is 1. The van der Waals surface area contributed by atoms with E-state index in [0.29, 0.717) is 11.3 Å². The van der Waals surface area contributed by atoms with Crippen molar-refractivity contribution >= 4 is 11.0 Å². The van der Waals surface area contributed by atoms with Gasteiger partial charge in [-0.15, -0.1) is 0 Å². The lowest BCUT2D eigenvalue weighted by Gasteiger charge is -2.39. The maximum Gasteiger partial charge on any atom is 0.204 e. The third-order valence-corrected chi connectivity index (χ3v) is 5.85. The number of rotatable bonds is 5. The van der Waals surface area contributed by atoms with E-state index < -0.39 is 42.4 Å². The minimum absolute atomic E-state index is 0.0291. The topological polar surface area (TPSA) is 150 Å². The average Bonchev–Trinajstić information content (AvgIpc) is 2.79. The fraction of sp³-hybridized carbons (Fsp3) is 0.348. The lowest BCUT2D eigenvalue weighted by molar-refractivity contribution is -0.156. The van der Waals surface area contributed by atoms with Crippen LogP contribution in [0.1, 0.15) is 6.42 Å². The second-order valence-corrected chi connectivity index (χ2v) is 7.83. The van der Waals surface area contributed by atoms with Crippen LogP contribution in [0.4, 0.5) is 0 Å². The Bertz CT molecular complexity index is 1150. The van der Waals surface area contributed by atoms with Crippen LogP contribution in [-0.4, -0.2) is 63.7 Å². The summed E-state index contributed by atoms with van der Waals surface area (Å²) >= 11 is 0. The summed E-state index contributed by atoms with van der Waals surface area (Å²) in [5.74, 6) is -0.321. The lowest BCUT2D eigenvalue weighted by atomic mass is 9.81. The van der Waals surface area contributed by atoms with Crippen molar-refractivity contribution in [1.82, 2.24) is 0 Å². The van der Waals surface area contributed by atoms with Gasteiger partial charge in [-0.2, -0.15) is 0 Å². The first-order chi connectivity index (χ1) is 15.3. The Labute approximate surface area is 182 Å². The summed E-state index contributed by atoms with van der Waals surface area (Å²) < 4.78 is 16.4. The van der Waals surface area contributed by atoms with Gasteiger partial charge in [-0.25, -0.2) is 0 Å². The Hall–Kier alpha value is -3.11. The van der Waals surface area contributed by atoms with E-state index in [2.05, 4.69) is 0 Å². The van der Waals surface area contributed by atoms with Gasteiger partial charge in [-0.1, -0.05) is 12.1 Å². The molecule has 5 N–H and O–H groups in total. The Balaban J connectivity index is 1.66. The minimum atomic E-state index is -1.50. The molecule has 1 saturated carbocycles. The lowest BCUT2D eigenvalue weighted by Crippen LogP contribution is -2.56. The summed E-state index contributed by atoms with van der Waals surface area (Å²) in [5, 5.41) is 50.1. The van der Waals surface area contributed by atoms with Crippen molar-refractivity contribution in [3.63, 3.8) is 0 Å². The molecule has 1 heterocycles. The molecule has 4 rings (SSSR count). The summed E-state index contributed by atoms with van der Waals surface area (Å²) in [6.07, 6.45) is -3.77. The number of phenolic OH excluding ortho intramolecular Hbond substituents is 1. The Morgan fingerprint density at radius 2 is 1.75 bits per heavy atom. The molecule has 0 saturated heterocycles. The van der Waals surface area contributed by atoms with E-state index >= 15 is 0 Å². The number of aliphatic hydroxyl groups excluding tert-OH is 4. The van der Waals surface area contributed by atoms with Crippen LogP contribution in [0, 0.1) is 5.92 Å². The predicted octanol–water partition coefficient (Wildman–Crippen LogP) is 1.02. The van der Waals surface area contributed by atoms with E-state index in [4.69, 9.17) is 13.9 Å². The zero-order chi connectivity index (χ0) is 23.0. The van der Waals surface area contributed by atoms with Crippen LogP contribution in [0.15, 0.2) is 51.9 Å². The highest BCUT2D eigenvalue weighted by Crippen LogP contribution is 2.34. The van der Waals surface area contributed by atoms with Crippen LogP contribution < -0.4 is 14.9 Å². The highest BCUT2D eigenvalue weighted by Gasteiger charge is 2.43. The van der Waals surface area contributed by atoms with Crippen LogP contribution in [0.2, 0.25) is 0 Å². The highest BCUT2D eigenvalue weighted by molar-refractivity contribution is 5.88. The summed E-state index contributed by atoms with van der Waals surface area (Å²) in [6.45, 7) is -0.392. The molecular formula is C23H24O9. The molecule has 1 aliphatic rings. The molecule has 1 fully saturated rings. The number of hydrogen-bond acceptors (Lipinski definition) is 9. The van der Waals surface area contributed by atoms with Crippen LogP contribution >= 0.6 is 0 Å². The quantitative estimate of drug-likeness (QED) is 0.389. The van der Waals surface area contributed by atoms with E-state index in [9.17, 15) is 30.3 Å². The number of benzene rings is 2. The fourth-order valence-corrected chi connectivity index (χ4v) is 4.00. The summed E-state index contributed by atoms with van der Waals surface area (Å²) in [6, 6.07) is 9.43. The monoisotopic (exact) mass is 444 g/mol. The van der Waals surface area contributed by atoms with Crippen molar-refractivity contribution in [3.8, 4) is 28.4 Å². The van der Waals surface area contributed by atoms with E-state index in [1.54, 1.807) is 24.3 Å². The number of methoxy groups -OCH3 is 1. The molecule has 5 unspecified atom stereocenters. The van der Waals surface area contributed by atoms with Gasteiger partial charge in [0.15, 0.2) is 0 Å². The normalized spacial score (nSPS) is 25.6. The first-order valence-electron chi connectivity index (χ1n) is 10.1. The van der Waals surface area contributed by atoms with Crippen molar-refractivity contribution in [2.24, 2.45) is 5.92 Å². The van der Waals surface area contributed by atoms with Crippen LogP contribution in [0.25, 0.3) is 22.1 Å². The standard InChI is InChI=1S/C23H24O9/c1-30-13-4-2-11(3-5-13)15-10-31-17-8-14(7-16(25)19(17)21(15)27)32-18-6-12(9-24)20(26)23(29)22(18)28/h2-5,7-8,10,12,18,20,22-26,28-29H,6,9H2,1H3. The van der Waals surface area contributed by atoms with Crippen molar-refractivity contribution in [1.29, 1.82) is 0 Å². The molecule has 1 aromatic heterocycles. The maximum absolute atomic E-state index is 13.0. The molecule has 32 heavy (non-hydrogen) atoms. The van der Waals surface area contributed by atoms with E-state index in [1.807, 2.05) is 0 Å². The van der Waals surface area contributed by atoms with Crippen molar-refractivity contribution in [2.45, 2.75) is 30.8 Å². The molecule has 2 aromatic carbocycles. The summed E-state index contributed by atoms with van der Waals surface area (Å²) in [4.78, 5) is 13.0. The first kappa shape index (κ1) is 22.1. The Morgan fingerprint density at radius 3 is 2.41 bits per heavy atom. The molecule has 0 aliphatic heterocycles. The van der Waals surface area contributed by atoms with E-state index in [-0.39, 0.29) is 34.5 Å². The molecular weight excluding hydrogens is 420 g/mol. The second kappa shape index (κ2) is 8.79. The van der Waals surface area contributed by atoms with Gasteiger partial charge >= 0.3 is 0 Å². The molecule has 5 atom stereocenters.